The van der Waals surface area contributed by atoms with Crippen LogP contribution < -0.4 is 10.6 Å². The fraction of sp³-hybridized carbons (Fsp3) is 0.538. The summed E-state index contributed by atoms with van der Waals surface area (Å²) in [7, 11) is 0. The van der Waals surface area contributed by atoms with Gasteiger partial charge in [-0.2, -0.15) is 0 Å². The van der Waals surface area contributed by atoms with Crippen LogP contribution in [-0.2, 0) is 24.2 Å². The van der Waals surface area contributed by atoms with Gasteiger partial charge in [-0.1, -0.05) is 23.7 Å². The zero-order chi connectivity index (χ0) is 21.9. The Labute approximate surface area is 198 Å². The summed E-state index contributed by atoms with van der Waals surface area (Å²) in [4.78, 5) is 28.3. The van der Waals surface area contributed by atoms with Crippen LogP contribution in [0.3, 0.4) is 0 Å². The molecule has 0 saturated heterocycles. The topological polar surface area (TPSA) is 58.2 Å². The highest BCUT2D eigenvalue weighted by molar-refractivity contribution is 7.17. The molecule has 2 amide bonds. The minimum absolute atomic E-state index is 0.0885. The second kappa shape index (κ2) is 7.88. The Kier molecular flexibility index (Phi) is 5.10. The van der Waals surface area contributed by atoms with Crippen molar-refractivity contribution in [3.8, 4) is 0 Å². The van der Waals surface area contributed by atoms with Crippen LogP contribution in [0.5, 0.6) is 0 Å². The molecule has 1 aromatic carbocycles. The summed E-state index contributed by atoms with van der Waals surface area (Å²) in [5.74, 6) is 2.09. The molecule has 4 fully saturated rings. The third-order valence-corrected chi connectivity index (χ3v) is 9.85. The Balaban J connectivity index is 1.26. The number of hydrogen-bond acceptors (Lipinski definition) is 3. The van der Waals surface area contributed by atoms with Gasteiger partial charge < -0.3 is 10.6 Å². The molecule has 5 aliphatic rings. The largest absolute Gasteiger partial charge is 0.348 e. The van der Waals surface area contributed by atoms with E-state index in [0.717, 1.165) is 66.5 Å². The number of carbonyl (C=O) groups excluding carboxylic acids is 2. The van der Waals surface area contributed by atoms with E-state index in [1.165, 1.54) is 24.1 Å². The smallest absolute Gasteiger partial charge is 0.254 e. The molecule has 4 nitrogen and oxygen atoms in total. The van der Waals surface area contributed by atoms with Crippen molar-refractivity contribution in [3.63, 3.8) is 0 Å². The molecular formula is C26H29ClN2O2S. The first-order valence-electron chi connectivity index (χ1n) is 12.0. The van der Waals surface area contributed by atoms with Gasteiger partial charge in [0, 0.05) is 16.4 Å². The highest BCUT2D eigenvalue weighted by Crippen LogP contribution is 2.65. The second-order valence-corrected chi connectivity index (χ2v) is 11.9. The lowest BCUT2D eigenvalue weighted by atomic mass is 9.75. The Hall–Kier alpha value is -1.85. The van der Waals surface area contributed by atoms with Crippen LogP contribution in [0.1, 0.15) is 71.3 Å². The first-order valence-corrected chi connectivity index (χ1v) is 13.2. The number of halogens is 1. The summed E-state index contributed by atoms with van der Waals surface area (Å²) in [5.41, 5.74) is 2.63. The third kappa shape index (κ3) is 3.40. The molecule has 0 aliphatic heterocycles. The molecule has 7 rings (SSSR count). The van der Waals surface area contributed by atoms with Crippen LogP contribution >= 0.6 is 22.9 Å². The van der Waals surface area contributed by atoms with E-state index in [0.29, 0.717) is 23.0 Å². The van der Waals surface area contributed by atoms with Gasteiger partial charge in [-0.05, 0) is 98.8 Å². The number of hydrogen-bond donors (Lipinski definition) is 2. The molecule has 1 aromatic heterocycles. The summed E-state index contributed by atoms with van der Waals surface area (Å²) < 4.78 is 0. The van der Waals surface area contributed by atoms with Gasteiger partial charge in [-0.25, -0.2) is 0 Å². The average Bonchev–Trinajstić information content (AvgIpc) is 3.35. The summed E-state index contributed by atoms with van der Waals surface area (Å²) in [6.45, 7) is 0.423. The van der Waals surface area contributed by atoms with Gasteiger partial charge in [0.25, 0.3) is 5.91 Å². The highest BCUT2D eigenvalue weighted by Gasteiger charge is 2.61. The molecule has 32 heavy (non-hydrogen) atoms. The first-order chi connectivity index (χ1) is 15.5. The maximum absolute atomic E-state index is 13.6. The fourth-order valence-corrected chi connectivity index (χ4v) is 8.70. The predicted octanol–water partition coefficient (Wildman–Crippen LogP) is 5.98. The standard InChI is InChI=1S/C26H29ClN2O2S/c27-19-5-3-4-15(11-19)14-28-23(30)22-20-6-1-2-7-21(20)32-24(22)29-25(31)26-12-16-8-17(13-26)10-18(26)9-16/h3-5,11,16-18H,1-2,6-10,12-14H2,(H,28,30)(H,29,31)/t16-,17?,18?,26?/m1/s1. The lowest BCUT2D eigenvalue weighted by molar-refractivity contribution is -0.127. The summed E-state index contributed by atoms with van der Waals surface area (Å²) in [5, 5.41) is 7.81. The molecule has 168 valence electrons. The summed E-state index contributed by atoms with van der Waals surface area (Å²) in [6, 6.07) is 7.56. The summed E-state index contributed by atoms with van der Waals surface area (Å²) >= 11 is 7.73. The number of aryl methyl sites for hydroxylation is 1. The number of benzene rings is 1. The van der Waals surface area contributed by atoms with Crippen molar-refractivity contribution < 1.29 is 9.59 Å². The number of carbonyl (C=O) groups is 2. The van der Waals surface area contributed by atoms with Crippen molar-refractivity contribution in [2.24, 2.45) is 23.2 Å². The number of thiophene rings is 1. The highest BCUT2D eigenvalue weighted by atomic mass is 35.5. The molecule has 2 N–H and O–H groups in total. The van der Waals surface area contributed by atoms with E-state index in [1.807, 2.05) is 24.3 Å². The molecule has 5 aliphatic carbocycles. The van der Waals surface area contributed by atoms with E-state index in [-0.39, 0.29) is 17.2 Å². The van der Waals surface area contributed by atoms with Crippen LogP contribution in [0.2, 0.25) is 5.02 Å². The second-order valence-electron chi connectivity index (χ2n) is 10.4. The van der Waals surface area contributed by atoms with Gasteiger partial charge >= 0.3 is 0 Å². The van der Waals surface area contributed by atoms with E-state index in [1.54, 1.807) is 11.3 Å². The van der Waals surface area contributed by atoms with Gasteiger partial charge in [-0.15, -0.1) is 11.3 Å². The molecule has 4 saturated carbocycles. The van der Waals surface area contributed by atoms with Crippen molar-refractivity contribution in [2.45, 2.75) is 64.3 Å². The van der Waals surface area contributed by atoms with Gasteiger partial charge in [0.15, 0.2) is 0 Å². The number of rotatable bonds is 5. The van der Waals surface area contributed by atoms with E-state index in [2.05, 4.69) is 10.6 Å². The molecule has 4 bridgehead atoms. The summed E-state index contributed by atoms with van der Waals surface area (Å²) in [6.07, 6.45) is 10.0. The molecule has 0 radical (unpaired) electrons. The lowest BCUT2D eigenvalue weighted by Gasteiger charge is -2.31. The van der Waals surface area contributed by atoms with Crippen LogP contribution in [0.15, 0.2) is 24.3 Å². The molecule has 0 spiro atoms. The van der Waals surface area contributed by atoms with E-state index < -0.39 is 0 Å². The number of nitrogens with one attached hydrogen (secondary N) is 2. The molecule has 4 atom stereocenters. The van der Waals surface area contributed by atoms with Gasteiger partial charge in [-0.3, -0.25) is 9.59 Å². The molecular weight excluding hydrogens is 440 g/mol. The zero-order valence-electron chi connectivity index (χ0n) is 18.2. The van der Waals surface area contributed by atoms with Crippen molar-refractivity contribution in [2.75, 3.05) is 5.32 Å². The lowest BCUT2D eigenvalue weighted by Crippen LogP contribution is -2.37. The predicted molar refractivity (Wildman–Crippen MR) is 128 cm³/mol. The monoisotopic (exact) mass is 468 g/mol. The van der Waals surface area contributed by atoms with Crippen molar-refractivity contribution in [3.05, 3.63) is 50.9 Å². The Morgan fingerprint density at radius 2 is 1.88 bits per heavy atom. The Bertz CT molecular complexity index is 1080. The number of amides is 2. The van der Waals surface area contributed by atoms with Crippen molar-refractivity contribution in [1.29, 1.82) is 0 Å². The van der Waals surface area contributed by atoms with Crippen molar-refractivity contribution >= 4 is 39.8 Å². The fourth-order valence-electron chi connectivity index (χ4n) is 7.21. The zero-order valence-corrected chi connectivity index (χ0v) is 19.8. The van der Waals surface area contributed by atoms with E-state index in [4.69, 9.17) is 11.6 Å². The number of anilines is 1. The molecule has 1 heterocycles. The number of fused-ring (bicyclic) bond motifs is 1. The minimum atomic E-state index is -0.188. The quantitative estimate of drug-likeness (QED) is 0.567. The third-order valence-electron chi connectivity index (χ3n) is 8.41. The van der Waals surface area contributed by atoms with Crippen LogP contribution in [-0.4, -0.2) is 11.8 Å². The maximum Gasteiger partial charge on any atom is 0.254 e. The molecule has 3 unspecified atom stereocenters. The molecule has 6 heteroatoms. The van der Waals surface area contributed by atoms with Crippen LogP contribution in [0, 0.1) is 23.2 Å². The normalized spacial score (nSPS) is 29.7. The molecule has 2 aromatic rings. The van der Waals surface area contributed by atoms with Gasteiger partial charge in [0.2, 0.25) is 5.91 Å². The Morgan fingerprint density at radius 3 is 2.66 bits per heavy atom. The van der Waals surface area contributed by atoms with Crippen molar-refractivity contribution in [1.82, 2.24) is 5.32 Å². The van der Waals surface area contributed by atoms with E-state index in [9.17, 15) is 9.59 Å². The van der Waals surface area contributed by atoms with E-state index >= 15 is 0 Å². The SMILES string of the molecule is O=C(NCc1cccc(Cl)c1)c1c(NC(=O)C23CC4CC2C[C@@H](C4)C3)sc2c1CCCC2. The minimum Gasteiger partial charge on any atom is -0.348 e. The van der Waals surface area contributed by atoms with Gasteiger partial charge in [0.05, 0.1) is 11.0 Å². The van der Waals surface area contributed by atoms with Crippen LogP contribution in [0.4, 0.5) is 5.00 Å². The Morgan fingerprint density at radius 1 is 1.09 bits per heavy atom. The maximum atomic E-state index is 13.6. The average molecular weight is 469 g/mol. The van der Waals surface area contributed by atoms with Crippen LogP contribution in [0.25, 0.3) is 0 Å². The van der Waals surface area contributed by atoms with Gasteiger partial charge in [0.1, 0.15) is 5.00 Å². The first kappa shape index (κ1) is 20.7.